The summed E-state index contributed by atoms with van der Waals surface area (Å²) in [6, 6.07) is 5.26. The summed E-state index contributed by atoms with van der Waals surface area (Å²) < 4.78 is 24.1. The third kappa shape index (κ3) is 8.31. The third-order valence-corrected chi connectivity index (χ3v) is 5.75. The maximum Gasteiger partial charge on any atom is 0.311 e. The Hall–Kier alpha value is -2.47. The molecule has 7 heteroatoms. The van der Waals surface area contributed by atoms with Crippen LogP contribution < -0.4 is 18.9 Å². The van der Waals surface area contributed by atoms with Crippen LogP contribution in [0, 0.1) is 0 Å². The fourth-order valence-electron chi connectivity index (χ4n) is 3.64. The fraction of sp³-hybridized carbons (Fsp3) is 0.571. The Morgan fingerprint density at radius 3 is 1.71 bits per heavy atom. The summed E-state index contributed by atoms with van der Waals surface area (Å²) >= 11 is 6.62. The zero-order valence-corrected chi connectivity index (χ0v) is 22.3. The highest BCUT2D eigenvalue weighted by Crippen LogP contribution is 2.53. The molecule has 0 unspecified atom stereocenters. The van der Waals surface area contributed by atoms with E-state index in [1.165, 1.54) is 0 Å². The van der Waals surface area contributed by atoms with E-state index in [2.05, 4.69) is 13.8 Å². The standard InChI is InChI=1S/C28H39ClO6/c1-5-9-11-18-32-27-25(34-22(30)14-7-3)20-16-13-17-21(29)24(20)26(35-23(31)15-8-4)28(27)33-19-12-10-6-2/h13,16-17H,5-12,14-15,18-19H2,1-4H3. The number of halogens is 1. The van der Waals surface area contributed by atoms with Gasteiger partial charge in [-0.2, -0.15) is 0 Å². The minimum Gasteiger partial charge on any atom is -0.486 e. The summed E-state index contributed by atoms with van der Waals surface area (Å²) in [7, 11) is 0. The van der Waals surface area contributed by atoms with Crippen LogP contribution in [0.4, 0.5) is 0 Å². The molecule has 0 aromatic heterocycles. The van der Waals surface area contributed by atoms with E-state index in [9.17, 15) is 9.59 Å². The minimum absolute atomic E-state index is 0.210. The molecule has 0 saturated carbocycles. The van der Waals surface area contributed by atoms with Crippen LogP contribution in [0.25, 0.3) is 10.8 Å². The van der Waals surface area contributed by atoms with Gasteiger partial charge in [-0.3, -0.25) is 9.59 Å². The van der Waals surface area contributed by atoms with Crippen molar-refractivity contribution < 1.29 is 28.5 Å². The number of rotatable bonds is 16. The molecule has 0 aliphatic rings. The first-order valence-corrected chi connectivity index (χ1v) is 13.3. The van der Waals surface area contributed by atoms with Gasteiger partial charge in [0.05, 0.1) is 23.6 Å². The van der Waals surface area contributed by atoms with Gasteiger partial charge in [0.15, 0.2) is 11.5 Å². The van der Waals surface area contributed by atoms with Crippen LogP contribution in [0.2, 0.25) is 5.02 Å². The highest BCUT2D eigenvalue weighted by molar-refractivity contribution is 6.36. The number of fused-ring (bicyclic) bond motifs is 1. The van der Waals surface area contributed by atoms with Gasteiger partial charge in [0, 0.05) is 18.2 Å². The lowest BCUT2D eigenvalue weighted by molar-refractivity contribution is -0.135. The van der Waals surface area contributed by atoms with Gasteiger partial charge < -0.3 is 18.9 Å². The second-order valence-corrected chi connectivity index (χ2v) is 8.95. The lowest BCUT2D eigenvalue weighted by Crippen LogP contribution is -2.14. The van der Waals surface area contributed by atoms with Gasteiger partial charge in [0.1, 0.15) is 0 Å². The predicted molar refractivity (Wildman–Crippen MR) is 140 cm³/mol. The molecule has 6 nitrogen and oxygen atoms in total. The zero-order valence-electron chi connectivity index (χ0n) is 21.5. The Morgan fingerprint density at radius 2 is 1.20 bits per heavy atom. The Morgan fingerprint density at radius 1 is 0.686 bits per heavy atom. The Kier molecular flexibility index (Phi) is 12.7. The van der Waals surface area contributed by atoms with Crippen molar-refractivity contribution in [3.05, 3.63) is 23.2 Å². The minimum atomic E-state index is -0.389. The number of carbonyl (C=O) groups is 2. The molecule has 0 heterocycles. The van der Waals surface area contributed by atoms with Crippen molar-refractivity contribution in [3.8, 4) is 23.0 Å². The van der Waals surface area contributed by atoms with Crippen molar-refractivity contribution in [3.63, 3.8) is 0 Å². The smallest absolute Gasteiger partial charge is 0.311 e. The molecule has 194 valence electrons. The Labute approximate surface area is 214 Å². The molecule has 0 atom stereocenters. The van der Waals surface area contributed by atoms with Crippen molar-refractivity contribution >= 4 is 34.3 Å². The average Bonchev–Trinajstić information content (AvgIpc) is 2.82. The summed E-state index contributed by atoms with van der Waals surface area (Å²) in [5.41, 5.74) is 0. The molecule has 0 fully saturated rings. The number of hydrogen-bond donors (Lipinski definition) is 0. The highest BCUT2D eigenvalue weighted by atomic mass is 35.5. The van der Waals surface area contributed by atoms with Gasteiger partial charge in [-0.25, -0.2) is 0 Å². The quantitative estimate of drug-likeness (QED) is 0.130. The molecule has 0 spiro atoms. The SMILES string of the molecule is CCCCCOc1c(OCCCCC)c(OC(=O)CCC)c2c(Cl)cccc2c1OC(=O)CCC. The van der Waals surface area contributed by atoms with Crippen LogP contribution in [0.15, 0.2) is 18.2 Å². The lowest BCUT2D eigenvalue weighted by Gasteiger charge is -2.22. The first-order chi connectivity index (χ1) is 17.0. The van der Waals surface area contributed by atoms with E-state index in [1.54, 1.807) is 18.2 Å². The fourth-order valence-corrected chi connectivity index (χ4v) is 3.90. The van der Waals surface area contributed by atoms with E-state index < -0.39 is 0 Å². The van der Waals surface area contributed by atoms with E-state index in [-0.39, 0.29) is 47.8 Å². The van der Waals surface area contributed by atoms with E-state index in [0.29, 0.717) is 41.9 Å². The Balaban J connectivity index is 2.74. The number of unbranched alkanes of at least 4 members (excludes halogenated alkanes) is 4. The number of ether oxygens (including phenoxy) is 4. The van der Waals surface area contributed by atoms with Crippen molar-refractivity contribution in [2.24, 2.45) is 0 Å². The normalized spacial score (nSPS) is 10.9. The zero-order chi connectivity index (χ0) is 25.6. The molecule has 2 aromatic rings. The van der Waals surface area contributed by atoms with Crippen LogP contribution >= 0.6 is 11.6 Å². The monoisotopic (exact) mass is 506 g/mol. The third-order valence-electron chi connectivity index (χ3n) is 5.43. The summed E-state index contributed by atoms with van der Waals surface area (Å²) in [6.45, 7) is 8.86. The second kappa shape index (κ2) is 15.5. The number of hydrogen-bond acceptors (Lipinski definition) is 6. The molecule has 0 aliphatic carbocycles. The Bertz CT molecular complexity index is 972. The molecule has 2 aromatic carbocycles. The molecule has 0 saturated heterocycles. The van der Waals surface area contributed by atoms with Crippen molar-refractivity contribution in [1.82, 2.24) is 0 Å². The van der Waals surface area contributed by atoms with E-state index >= 15 is 0 Å². The highest BCUT2D eigenvalue weighted by Gasteiger charge is 2.29. The molecular formula is C28H39ClO6. The summed E-state index contributed by atoms with van der Waals surface area (Å²) in [4.78, 5) is 25.2. The van der Waals surface area contributed by atoms with Gasteiger partial charge in [0.2, 0.25) is 11.5 Å². The van der Waals surface area contributed by atoms with Crippen molar-refractivity contribution in [2.45, 2.75) is 91.9 Å². The molecule has 0 N–H and O–H groups in total. The van der Waals surface area contributed by atoms with Crippen LogP contribution in [-0.2, 0) is 9.59 Å². The topological polar surface area (TPSA) is 71.1 Å². The van der Waals surface area contributed by atoms with Crippen LogP contribution in [0.1, 0.15) is 91.9 Å². The van der Waals surface area contributed by atoms with Crippen LogP contribution in [0.3, 0.4) is 0 Å². The second-order valence-electron chi connectivity index (χ2n) is 8.54. The molecule has 0 bridgehead atoms. The molecule has 0 radical (unpaired) electrons. The van der Waals surface area contributed by atoms with Crippen LogP contribution in [-0.4, -0.2) is 25.2 Å². The summed E-state index contributed by atoms with van der Waals surface area (Å²) in [5.74, 6) is 0.220. The number of carbonyl (C=O) groups excluding carboxylic acids is 2. The lowest BCUT2D eigenvalue weighted by atomic mass is 10.1. The van der Waals surface area contributed by atoms with Crippen molar-refractivity contribution in [2.75, 3.05) is 13.2 Å². The summed E-state index contributed by atoms with van der Waals surface area (Å²) in [5, 5.41) is 1.36. The van der Waals surface area contributed by atoms with Gasteiger partial charge in [-0.15, -0.1) is 0 Å². The maximum atomic E-state index is 12.6. The van der Waals surface area contributed by atoms with Gasteiger partial charge in [0.25, 0.3) is 0 Å². The van der Waals surface area contributed by atoms with E-state index in [4.69, 9.17) is 30.5 Å². The molecule has 0 aliphatic heterocycles. The molecular weight excluding hydrogens is 468 g/mol. The van der Waals surface area contributed by atoms with Gasteiger partial charge in [-0.05, 0) is 31.7 Å². The van der Waals surface area contributed by atoms with Crippen LogP contribution in [0.5, 0.6) is 23.0 Å². The van der Waals surface area contributed by atoms with Gasteiger partial charge >= 0.3 is 11.9 Å². The number of benzene rings is 2. The molecule has 2 rings (SSSR count). The summed E-state index contributed by atoms with van der Waals surface area (Å²) in [6.07, 6.45) is 7.51. The first kappa shape index (κ1) is 28.8. The average molecular weight is 507 g/mol. The van der Waals surface area contributed by atoms with Crippen molar-refractivity contribution in [1.29, 1.82) is 0 Å². The van der Waals surface area contributed by atoms with E-state index in [0.717, 1.165) is 38.5 Å². The van der Waals surface area contributed by atoms with E-state index in [1.807, 2.05) is 13.8 Å². The molecule has 35 heavy (non-hydrogen) atoms. The number of esters is 2. The van der Waals surface area contributed by atoms with Gasteiger partial charge in [-0.1, -0.05) is 77.1 Å². The first-order valence-electron chi connectivity index (χ1n) is 12.9. The maximum absolute atomic E-state index is 12.6. The predicted octanol–water partition coefficient (Wildman–Crippen LogP) is 8.04. The largest absolute Gasteiger partial charge is 0.486 e. The molecule has 0 amide bonds.